The molecule has 0 saturated heterocycles. The van der Waals surface area contributed by atoms with Crippen LogP contribution in [0.2, 0.25) is 5.02 Å². The highest BCUT2D eigenvalue weighted by molar-refractivity contribution is 6.30. The van der Waals surface area contributed by atoms with Crippen LogP contribution in [0.15, 0.2) is 73.1 Å². The Bertz CT molecular complexity index is 1450. The lowest BCUT2D eigenvalue weighted by molar-refractivity contribution is -0.137. The van der Waals surface area contributed by atoms with Gasteiger partial charge in [-0.15, -0.1) is 0 Å². The lowest BCUT2D eigenvalue weighted by atomic mass is 10.1. The number of benzene rings is 2. The number of aromatic nitrogens is 2. The van der Waals surface area contributed by atoms with Gasteiger partial charge in [0.05, 0.1) is 35.9 Å². The van der Waals surface area contributed by atoms with E-state index in [9.17, 15) is 18.0 Å². The molecule has 4 aromatic rings. The molecule has 10 heteroatoms. The van der Waals surface area contributed by atoms with E-state index >= 15 is 0 Å². The molecule has 0 atom stereocenters. The summed E-state index contributed by atoms with van der Waals surface area (Å²) in [7, 11) is 5.38. The van der Waals surface area contributed by atoms with Gasteiger partial charge in [0.2, 0.25) is 0 Å². The first-order chi connectivity index (χ1) is 18.6. The van der Waals surface area contributed by atoms with Gasteiger partial charge in [0, 0.05) is 28.9 Å². The molecule has 4 rings (SSSR count). The number of nitrogens with one attached hydrogen (secondary N) is 1. The van der Waals surface area contributed by atoms with E-state index in [0.29, 0.717) is 45.4 Å². The van der Waals surface area contributed by atoms with Gasteiger partial charge >= 0.3 is 6.18 Å². The molecule has 0 unspecified atom stereocenters. The maximum absolute atomic E-state index is 14.1. The standard InChI is InChI=1S/C29H28ClF3N4O2/c1-36(2)16-4-14-35-28(38)20-7-10-22(27(17-20)39-3)25-12-11-24(19-5-8-21(30)9-6-19)37(25)26-18-34-15-13-23(26)29(31,32)33/h5-13,15,17-18H,4,14,16H2,1-3H3,(H,35,38). The molecular formula is C29H28ClF3N4O2. The van der Waals surface area contributed by atoms with E-state index < -0.39 is 11.7 Å². The second-order valence-corrected chi connectivity index (χ2v) is 9.60. The summed E-state index contributed by atoms with van der Waals surface area (Å²) in [4.78, 5) is 18.8. The van der Waals surface area contributed by atoms with Gasteiger partial charge in [-0.3, -0.25) is 9.78 Å². The van der Waals surface area contributed by atoms with Crippen molar-refractivity contribution < 1.29 is 22.7 Å². The minimum atomic E-state index is -4.62. The monoisotopic (exact) mass is 556 g/mol. The van der Waals surface area contributed by atoms with E-state index in [4.69, 9.17) is 16.3 Å². The second kappa shape index (κ2) is 11.9. The smallest absolute Gasteiger partial charge is 0.418 e. The summed E-state index contributed by atoms with van der Waals surface area (Å²) in [5, 5.41) is 3.39. The van der Waals surface area contributed by atoms with Crippen molar-refractivity contribution >= 4 is 17.5 Å². The first-order valence-corrected chi connectivity index (χ1v) is 12.6. The van der Waals surface area contributed by atoms with Gasteiger partial charge in [-0.1, -0.05) is 23.7 Å². The van der Waals surface area contributed by atoms with Crippen molar-refractivity contribution in [2.75, 3.05) is 34.3 Å². The Morgan fingerprint density at radius 2 is 1.77 bits per heavy atom. The number of amides is 1. The van der Waals surface area contributed by atoms with Crippen LogP contribution in [0, 0.1) is 0 Å². The van der Waals surface area contributed by atoms with Crippen molar-refractivity contribution in [1.29, 1.82) is 0 Å². The summed E-state index contributed by atoms with van der Waals surface area (Å²) in [6.45, 7) is 1.35. The van der Waals surface area contributed by atoms with Crippen LogP contribution in [0.1, 0.15) is 22.3 Å². The molecule has 204 valence electrons. The molecule has 0 aliphatic heterocycles. The number of hydrogen-bond donors (Lipinski definition) is 1. The highest BCUT2D eigenvalue weighted by Gasteiger charge is 2.35. The third-order valence-corrected chi connectivity index (χ3v) is 6.43. The molecule has 0 bridgehead atoms. The van der Waals surface area contributed by atoms with Crippen molar-refractivity contribution in [3.05, 3.63) is 89.2 Å². The van der Waals surface area contributed by atoms with Crippen LogP contribution < -0.4 is 10.1 Å². The minimum absolute atomic E-state index is 0.139. The number of hydrogen-bond acceptors (Lipinski definition) is 4. The first kappa shape index (κ1) is 28.2. The number of alkyl halides is 3. The number of halogens is 4. The molecule has 2 aromatic heterocycles. The first-order valence-electron chi connectivity index (χ1n) is 12.2. The largest absolute Gasteiger partial charge is 0.496 e. The van der Waals surface area contributed by atoms with Gasteiger partial charge in [0.15, 0.2) is 0 Å². The molecule has 2 heterocycles. The van der Waals surface area contributed by atoms with Crippen molar-refractivity contribution in [2.45, 2.75) is 12.6 Å². The molecule has 0 fully saturated rings. The Balaban J connectivity index is 1.82. The van der Waals surface area contributed by atoms with E-state index in [0.717, 1.165) is 25.2 Å². The van der Waals surface area contributed by atoms with Gasteiger partial charge in [0.25, 0.3) is 5.91 Å². The fourth-order valence-corrected chi connectivity index (χ4v) is 4.43. The number of carbonyl (C=O) groups is 1. The lowest BCUT2D eigenvalue weighted by Crippen LogP contribution is -2.27. The van der Waals surface area contributed by atoms with Crippen molar-refractivity contribution in [3.63, 3.8) is 0 Å². The quantitative estimate of drug-likeness (QED) is 0.237. The van der Waals surface area contributed by atoms with Crippen molar-refractivity contribution in [2.24, 2.45) is 0 Å². The van der Waals surface area contributed by atoms with Gasteiger partial charge in [-0.05, 0) is 81.2 Å². The molecule has 0 saturated carbocycles. The predicted octanol–water partition coefficient (Wildman–Crippen LogP) is 6.57. The number of pyridine rings is 1. The van der Waals surface area contributed by atoms with Gasteiger partial charge in [-0.2, -0.15) is 13.2 Å². The zero-order valence-corrected chi connectivity index (χ0v) is 22.5. The number of ether oxygens (including phenoxy) is 1. The Morgan fingerprint density at radius 1 is 1.05 bits per heavy atom. The van der Waals surface area contributed by atoms with Crippen LogP contribution >= 0.6 is 11.6 Å². The molecule has 0 spiro atoms. The number of carbonyl (C=O) groups excluding carboxylic acids is 1. The zero-order valence-electron chi connectivity index (χ0n) is 21.7. The molecule has 39 heavy (non-hydrogen) atoms. The molecule has 2 aromatic carbocycles. The Hall–Kier alpha value is -3.82. The highest BCUT2D eigenvalue weighted by Crippen LogP contribution is 2.41. The fraction of sp³-hybridized carbons (Fsp3) is 0.241. The van der Waals surface area contributed by atoms with E-state index in [1.54, 1.807) is 54.6 Å². The van der Waals surface area contributed by atoms with Gasteiger partial charge in [0.1, 0.15) is 5.75 Å². The fourth-order valence-electron chi connectivity index (χ4n) is 4.30. The molecule has 1 amide bonds. The van der Waals surface area contributed by atoms with E-state index in [2.05, 4.69) is 10.3 Å². The summed E-state index contributed by atoms with van der Waals surface area (Å²) in [5.74, 6) is 0.0813. The minimum Gasteiger partial charge on any atom is -0.496 e. The van der Waals surface area contributed by atoms with Gasteiger partial charge in [-0.25, -0.2) is 0 Å². The molecular weight excluding hydrogens is 529 g/mol. The Labute approximate surface area is 230 Å². The van der Waals surface area contributed by atoms with Crippen LogP contribution in [-0.2, 0) is 6.18 Å². The Morgan fingerprint density at radius 3 is 2.44 bits per heavy atom. The van der Waals surface area contributed by atoms with Crippen LogP contribution in [-0.4, -0.2) is 54.7 Å². The second-order valence-electron chi connectivity index (χ2n) is 9.16. The maximum atomic E-state index is 14.1. The number of methoxy groups -OCH3 is 1. The average Bonchev–Trinajstić information content (AvgIpc) is 3.35. The summed E-state index contributed by atoms with van der Waals surface area (Å²) in [6.07, 6.45) is -1.52. The lowest BCUT2D eigenvalue weighted by Gasteiger charge is -2.20. The van der Waals surface area contributed by atoms with Crippen molar-refractivity contribution in [1.82, 2.24) is 19.8 Å². The SMILES string of the molecule is COc1cc(C(=O)NCCCN(C)C)ccc1-c1ccc(-c2ccc(Cl)cc2)n1-c1cnccc1C(F)(F)F. The summed E-state index contributed by atoms with van der Waals surface area (Å²) < 4.78 is 49.4. The van der Waals surface area contributed by atoms with Gasteiger partial charge < -0.3 is 19.5 Å². The van der Waals surface area contributed by atoms with E-state index in [1.807, 2.05) is 19.0 Å². The molecule has 0 aliphatic carbocycles. The van der Waals surface area contributed by atoms with E-state index in [-0.39, 0.29) is 11.6 Å². The average molecular weight is 557 g/mol. The normalized spacial score (nSPS) is 11.6. The molecule has 1 N–H and O–H groups in total. The molecule has 0 aliphatic rings. The van der Waals surface area contributed by atoms with Crippen molar-refractivity contribution in [3.8, 4) is 34.0 Å². The summed E-state index contributed by atoms with van der Waals surface area (Å²) >= 11 is 6.06. The summed E-state index contributed by atoms with van der Waals surface area (Å²) in [6, 6.07) is 16.1. The maximum Gasteiger partial charge on any atom is 0.418 e. The predicted molar refractivity (Wildman–Crippen MR) is 147 cm³/mol. The van der Waals surface area contributed by atoms with Crippen LogP contribution in [0.3, 0.4) is 0 Å². The highest BCUT2D eigenvalue weighted by atomic mass is 35.5. The number of nitrogens with zero attached hydrogens (tertiary/aromatic N) is 3. The van der Waals surface area contributed by atoms with Crippen LogP contribution in [0.25, 0.3) is 28.2 Å². The topological polar surface area (TPSA) is 59.4 Å². The van der Waals surface area contributed by atoms with Crippen LogP contribution in [0.5, 0.6) is 5.75 Å². The van der Waals surface area contributed by atoms with E-state index in [1.165, 1.54) is 17.9 Å². The molecule has 0 radical (unpaired) electrons. The zero-order chi connectivity index (χ0) is 28.2. The Kier molecular flexibility index (Phi) is 8.62. The van der Waals surface area contributed by atoms with Crippen LogP contribution in [0.4, 0.5) is 13.2 Å². The molecule has 6 nitrogen and oxygen atoms in total. The third kappa shape index (κ3) is 6.43. The number of rotatable bonds is 9. The third-order valence-electron chi connectivity index (χ3n) is 6.17. The summed E-state index contributed by atoms with van der Waals surface area (Å²) in [5.41, 5.74) is 1.53.